The summed E-state index contributed by atoms with van der Waals surface area (Å²) in [6.45, 7) is -0.0307. The van der Waals surface area contributed by atoms with Crippen LogP contribution < -0.4 is 15.8 Å². The Kier molecular flexibility index (Phi) is 9.27. The predicted molar refractivity (Wildman–Crippen MR) is 117 cm³/mol. The van der Waals surface area contributed by atoms with Gasteiger partial charge in [0, 0.05) is 24.0 Å². The fourth-order valence-electron chi connectivity index (χ4n) is 2.72. The predicted octanol–water partition coefficient (Wildman–Crippen LogP) is 4.12. The summed E-state index contributed by atoms with van der Waals surface area (Å²) in [7, 11) is 0. The molecule has 0 saturated heterocycles. The topological polar surface area (TPSA) is 110 Å². The molecule has 184 valence electrons. The van der Waals surface area contributed by atoms with Gasteiger partial charge in [0.2, 0.25) is 5.06 Å². The number of aliphatic hydroxyl groups excluding tert-OH is 1. The molecule has 7 nitrogen and oxygen atoms in total. The van der Waals surface area contributed by atoms with Crippen LogP contribution in [0.2, 0.25) is 0 Å². The number of carbonyl (C=O) groups excluding carboxylic acids is 1. The Labute approximate surface area is 200 Å². The largest absolute Gasteiger partial charge is 0.481 e. The van der Waals surface area contributed by atoms with Gasteiger partial charge >= 0.3 is 6.18 Å². The number of nitrogens with zero attached hydrogens (tertiary/aromatic N) is 2. The number of pyridine rings is 1. The summed E-state index contributed by atoms with van der Waals surface area (Å²) in [6.07, 6.45) is -3.73. The fourth-order valence-corrected chi connectivity index (χ4v) is 3.30. The number of aromatic nitrogens is 2. The summed E-state index contributed by atoms with van der Waals surface area (Å²) in [5, 5.41) is 11.7. The number of aliphatic hydroxyl groups is 1. The number of anilines is 1. The molecular weight excluding hydrogens is 507 g/mol. The molecule has 0 aliphatic rings. The number of rotatable bonds is 8. The van der Waals surface area contributed by atoms with Crippen LogP contribution in [0.1, 0.15) is 16.1 Å². The first-order chi connectivity index (χ1) is 15.7. The monoisotopic (exact) mass is 524 g/mol. The molecule has 0 spiro atoms. The first-order valence-corrected chi connectivity index (χ1v) is 10.1. The van der Waals surface area contributed by atoms with Crippen LogP contribution in [0, 0.1) is 17.6 Å². The highest BCUT2D eigenvalue weighted by atomic mass is 35.5. The minimum atomic E-state index is -4.98. The smallest absolute Gasteiger partial charge is 0.418 e. The summed E-state index contributed by atoms with van der Waals surface area (Å²) >= 11 is 0.882. The van der Waals surface area contributed by atoms with Crippen molar-refractivity contribution in [2.75, 3.05) is 25.1 Å². The van der Waals surface area contributed by atoms with Crippen molar-refractivity contribution in [1.82, 2.24) is 9.36 Å². The maximum atomic E-state index is 14.2. The van der Waals surface area contributed by atoms with Crippen LogP contribution in [0.3, 0.4) is 0 Å². The fraction of sp³-hybridized carbons (Fsp3) is 0.250. The number of ether oxygens (including phenoxy) is 1. The number of halogens is 6. The van der Waals surface area contributed by atoms with E-state index in [1.807, 2.05) is 0 Å². The van der Waals surface area contributed by atoms with E-state index in [2.05, 4.69) is 14.7 Å². The van der Waals surface area contributed by atoms with Crippen molar-refractivity contribution in [3.05, 3.63) is 59.4 Å². The van der Waals surface area contributed by atoms with E-state index in [-0.39, 0.29) is 48.8 Å². The van der Waals surface area contributed by atoms with E-state index in [0.717, 1.165) is 35.8 Å². The third kappa shape index (κ3) is 6.17. The summed E-state index contributed by atoms with van der Waals surface area (Å²) < 4.78 is 78.1. The molecule has 4 N–H and O–H groups in total. The molecule has 34 heavy (non-hydrogen) atoms. The van der Waals surface area contributed by atoms with E-state index in [1.54, 1.807) is 0 Å². The zero-order valence-electron chi connectivity index (χ0n) is 17.1. The van der Waals surface area contributed by atoms with Gasteiger partial charge in [-0.15, -0.1) is 12.4 Å². The van der Waals surface area contributed by atoms with E-state index in [4.69, 9.17) is 10.5 Å². The first-order valence-electron chi connectivity index (χ1n) is 9.38. The van der Waals surface area contributed by atoms with Crippen LogP contribution in [0.4, 0.5) is 27.6 Å². The minimum absolute atomic E-state index is 0. The van der Waals surface area contributed by atoms with Gasteiger partial charge in [-0.25, -0.2) is 13.8 Å². The average molecular weight is 525 g/mol. The van der Waals surface area contributed by atoms with Crippen molar-refractivity contribution in [1.29, 1.82) is 0 Å². The number of amides is 1. The van der Waals surface area contributed by atoms with E-state index in [0.29, 0.717) is 6.07 Å². The van der Waals surface area contributed by atoms with Gasteiger partial charge in [0.1, 0.15) is 23.0 Å². The molecule has 14 heteroatoms. The molecular formula is C20H18ClF5N4O3S. The Morgan fingerprint density at radius 2 is 1.88 bits per heavy atom. The minimum Gasteiger partial charge on any atom is -0.481 e. The lowest BCUT2D eigenvalue weighted by Gasteiger charge is -2.15. The van der Waals surface area contributed by atoms with Gasteiger partial charge in [-0.05, 0) is 24.3 Å². The third-order valence-electron chi connectivity index (χ3n) is 4.46. The molecule has 0 bridgehead atoms. The lowest BCUT2D eigenvalue weighted by Crippen LogP contribution is -2.24. The first kappa shape index (κ1) is 27.4. The summed E-state index contributed by atoms with van der Waals surface area (Å²) in [6, 6.07) is 3.88. The molecule has 2 heterocycles. The molecule has 0 aliphatic carbocycles. The Morgan fingerprint density at radius 3 is 2.47 bits per heavy atom. The maximum absolute atomic E-state index is 14.2. The highest BCUT2D eigenvalue weighted by molar-refractivity contribution is 7.08. The maximum Gasteiger partial charge on any atom is 0.418 e. The molecule has 3 rings (SSSR count). The molecule has 3 aromatic rings. The Balaban J connectivity index is 0.00000408. The third-order valence-corrected chi connectivity index (χ3v) is 5.17. The van der Waals surface area contributed by atoms with Crippen LogP contribution in [0.5, 0.6) is 5.06 Å². The van der Waals surface area contributed by atoms with Gasteiger partial charge in [-0.1, -0.05) is 6.07 Å². The van der Waals surface area contributed by atoms with Crippen LogP contribution >= 0.6 is 23.9 Å². The Bertz CT molecular complexity index is 1120. The average Bonchev–Trinajstić information content (AvgIpc) is 3.20. The molecule has 1 amide bonds. The number of nitrogens with one attached hydrogen (secondary N) is 1. The van der Waals surface area contributed by atoms with E-state index in [9.17, 15) is 31.9 Å². The number of hydrogen-bond acceptors (Lipinski definition) is 7. The van der Waals surface area contributed by atoms with Crippen LogP contribution in [-0.4, -0.2) is 40.1 Å². The van der Waals surface area contributed by atoms with Crippen molar-refractivity contribution in [3.63, 3.8) is 0 Å². The summed E-state index contributed by atoms with van der Waals surface area (Å²) in [4.78, 5) is 16.3. The number of carbonyl (C=O) groups is 1. The van der Waals surface area contributed by atoms with Crippen LogP contribution in [0.25, 0.3) is 11.3 Å². The second-order valence-corrected chi connectivity index (χ2v) is 7.53. The number of alkyl halides is 3. The number of hydrogen-bond donors (Lipinski definition) is 3. The summed E-state index contributed by atoms with van der Waals surface area (Å²) in [5.74, 6) is -3.84. The highest BCUT2D eigenvalue weighted by Crippen LogP contribution is 2.38. The summed E-state index contributed by atoms with van der Waals surface area (Å²) in [5.41, 5.74) is 1.60. The lowest BCUT2D eigenvalue weighted by molar-refractivity contribution is -0.137. The highest BCUT2D eigenvalue weighted by Gasteiger charge is 2.36. The normalized spacial score (nSPS) is 12.1. The Morgan fingerprint density at radius 1 is 1.21 bits per heavy atom. The van der Waals surface area contributed by atoms with Crippen molar-refractivity contribution in [2.24, 2.45) is 11.7 Å². The Hall–Kier alpha value is -2.87. The molecule has 0 saturated carbocycles. The van der Waals surface area contributed by atoms with Crippen LogP contribution in [0.15, 0.2) is 36.5 Å². The molecule has 0 radical (unpaired) electrons. The molecule has 1 aromatic carbocycles. The van der Waals surface area contributed by atoms with E-state index >= 15 is 0 Å². The molecule has 0 fully saturated rings. The van der Waals surface area contributed by atoms with Crippen molar-refractivity contribution in [2.45, 2.75) is 6.18 Å². The zero-order chi connectivity index (χ0) is 24.2. The van der Waals surface area contributed by atoms with Crippen LogP contribution in [-0.2, 0) is 6.18 Å². The zero-order valence-corrected chi connectivity index (χ0v) is 18.7. The second-order valence-electron chi connectivity index (χ2n) is 6.76. The van der Waals surface area contributed by atoms with Gasteiger partial charge in [0.05, 0.1) is 36.2 Å². The van der Waals surface area contributed by atoms with Gasteiger partial charge in [-0.2, -0.15) is 17.5 Å². The second kappa shape index (κ2) is 11.5. The SMILES string of the molecule is Cl.NCC(CO)COc1sncc1NC(=O)c1ccc(C(F)(F)F)c(-c2c(F)cccc2F)n1. The molecule has 1 atom stereocenters. The molecule has 1 unspecified atom stereocenters. The van der Waals surface area contributed by atoms with E-state index < -0.39 is 46.2 Å². The van der Waals surface area contributed by atoms with Gasteiger partial charge < -0.3 is 20.9 Å². The molecule has 0 aliphatic heterocycles. The van der Waals surface area contributed by atoms with Crippen molar-refractivity contribution >= 4 is 35.5 Å². The van der Waals surface area contributed by atoms with E-state index in [1.165, 1.54) is 6.20 Å². The van der Waals surface area contributed by atoms with Gasteiger partial charge in [-0.3, -0.25) is 4.79 Å². The lowest BCUT2D eigenvalue weighted by atomic mass is 10.0. The number of nitrogens with two attached hydrogens (primary N) is 1. The van der Waals surface area contributed by atoms with Gasteiger partial charge in [0.25, 0.3) is 5.91 Å². The number of benzene rings is 1. The quantitative estimate of drug-likeness (QED) is 0.382. The van der Waals surface area contributed by atoms with Crippen molar-refractivity contribution in [3.8, 4) is 16.3 Å². The van der Waals surface area contributed by atoms with Gasteiger partial charge in [0.15, 0.2) is 0 Å². The molecule has 2 aromatic heterocycles. The van der Waals surface area contributed by atoms with Crippen molar-refractivity contribution < 1.29 is 36.6 Å². The standard InChI is InChI=1S/C20H17F5N4O3S.ClH/c21-12-2-1-3-13(22)16(12)17-11(20(23,24)25)4-5-14(28-17)18(31)29-15-7-27-33-19(15)32-9-10(6-26)8-30;/h1-5,7,10,30H,6,8-9,26H2,(H,29,31);1H.